The molecule has 1 heteroatoms. The predicted molar refractivity (Wildman–Crippen MR) is 55.6 cm³/mol. The Hall–Kier alpha value is -1.24. The van der Waals surface area contributed by atoms with E-state index in [1.807, 2.05) is 0 Å². The molecule has 1 rings (SSSR count). The van der Waals surface area contributed by atoms with Crippen molar-refractivity contribution in [1.82, 2.24) is 0 Å². The molecule has 0 amide bonds. The van der Waals surface area contributed by atoms with E-state index in [0.717, 1.165) is 18.6 Å². The minimum atomic E-state index is 0.848. The molecule has 0 saturated heterocycles. The lowest BCUT2D eigenvalue weighted by atomic mass is 10.1. The van der Waals surface area contributed by atoms with E-state index in [1.54, 1.807) is 7.11 Å². The molecule has 0 bridgehead atoms. The molecule has 0 spiro atoms. The van der Waals surface area contributed by atoms with E-state index in [9.17, 15) is 0 Å². The van der Waals surface area contributed by atoms with E-state index in [0.29, 0.717) is 0 Å². The highest BCUT2D eigenvalue weighted by atomic mass is 16.5. The highest BCUT2D eigenvalue weighted by molar-refractivity contribution is 5.21. The average molecular weight is 176 g/mol. The number of methoxy groups -OCH3 is 1. The molecule has 0 saturated carbocycles. The van der Waals surface area contributed by atoms with Gasteiger partial charge in [0.05, 0.1) is 12.9 Å². The molecule has 0 unspecified atom stereocenters. The minimum absolute atomic E-state index is 0.848. The molecule has 0 aliphatic carbocycles. The Morgan fingerprint density at radius 1 is 1.31 bits per heavy atom. The van der Waals surface area contributed by atoms with Crippen LogP contribution in [0.3, 0.4) is 0 Å². The van der Waals surface area contributed by atoms with Crippen molar-refractivity contribution in [1.29, 1.82) is 0 Å². The molecule has 0 atom stereocenters. The summed E-state index contributed by atoms with van der Waals surface area (Å²) in [5, 5.41) is 0. The molecular formula is C12H16O. The van der Waals surface area contributed by atoms with Gasteiger partial charge in [0.25, 0.3) is 0 Å². The lowest BCUT2D eigenvalue weighted by molar-refractivity contribution is 0.279. The summed E-state index contributed by atoms with van der Waals surface area (Å²) in [6.07, 6.45) is 1.91. The number of benzene rings is 1. The second-order valence-corrected chi connectivity index (χ2v) is 3.23. The van der Waals surface area contributed by atoms with E-state index in [1.165, 1.54) is 11.1 Å². The third-order valence-corrected chi connectivity index (χ3v) is 2.10. The normalized spacial score (nSPS) is 9.69. The first-order valence-electron chi connectivity index (χ1n) is 4.49. The lowest BCUT2D eigenvalue weighted by Crippen LogP contribution is -1.89. The van der Waals surface area contributed by atoms with Crippen LogP contribution in [0, 0.1) is 6.92 Å². The molecule has 0 heterocycles. The Balaban J connectivity index is 2.46. The van der Waals surface area contributed by atoms with E-state index in [4.69, 9.17) is 4.74 Å². The van der Waals surface area contributed by atoms with E-state index < -0.39 is 0 Å². The molecule has 1 aromatic carbocycles. The summed E-state index contributed by atoms with van der Waals surface area (Å²) >= 11 is 0. The molecule has 0 aromatic heterocycles. The van der Waals surface area contributed by atoms with Crippen LogP contribution in [-0.2, 0) is 11.2 Å². The van der Waals surface area contributed by atoms with Gasteiger partial charge in [0, 0.05) is 6.42 Å². The van der Waals surface area contributed by atoms with Gasteiger partial charge in [-0.25, -0.2) is 0 Å². The highest BCUT2D eigenvalue weighted by Gasteiger charge is 1.95. The Bertz CT molecular complexity index is 272. The second-order valence-electron chi connectivity index (χ2n) is 3.23. The standard InChI is InChI=1S/C12H16O/c1-10-4-7-12(8-5-10)9-6-11(2)13-3/h4-5,7-8H,2,6,9H2,1,3H3. The quantitative estimate of drug-likeness (QED) is 0.640. The van der Waals surface area contributed by atoms with Crippen LogP contribution < -0.4 is 0 Å². The number of aryl methyl sites for hydroxylation is 2. The topological polar surface area (TPSA) is 9.23 Å². The third kappa shape index (κ3) is 3.32. The lowest BCUT2D eigenvalue weighted by Gasteiger charge is -2.04. The van der Waals surface area contributed by atoms with Gasteiger partial charge in [-0.2, -0.15) is 0 Å². The van der Waals surface area contributed by atoms with E-state index >= 15 is 0 Å². The molecule has 0 aliphatic rings. The zero-order chi connectivity index (χ0) is 9.68. The summed E-state index contributed by atoms with van der Waals surface area (Å²) in [6.45, 7) is 5.88. The summed E-state index contributed by atoms with van der Waals surface area (Å²) in [6, 6.07) is 8.56. The first-order chi connectivity index (χ1) is 6.22. The maximum Gasteiger partial charge on any atom is 0.0887 e. The molecule has 13 heavy (non-hydrogen) atoms. The van der Waals surface area contributed by atoms with Crippen molar-refractivity contribution in [3.8, 4) is 0 Å². The van der Waals surface area contributed by atoms with Gasteiger partial charge in [-0.05, 0) is 18.9 Å². The number of hydrogen-bond donors (Lipinski definition) is 0. The summed E-state index contributed by atoms with van der Waals surface area (Å²) in [5.41, 5.74) is 2.64. The number of hydrogen-bond acceptors (Lipinski definition) is 1. The fourth-order valence-corrected chi connectivity index (χ4v) is 1.14. The van der Waals surface area contributed by atoms with Gasteiger partial charge in [0.2, 0.25) is 0 Å². The minimum Gasteiger partial charge on any atom is -0.502 e. The Labute approximate surface area is 80.0 Å². The van der Waals surface area contributed by atoms with Gasteiger partial charge in [0.15, 0.2) is 0 Å². The Morgan fingerprint density at radius 2 is 1.92 bits per heavy atom. The zero-order valence-electron chi connectivity index (χ0n) is 8.34. The van der Waals surface area contributed by atoms with Crippen molar-refractivity contribution >= 4 is 0 Å². The van der Waals surface area contributed by atoms with Crippen LogP contribution in [-0.4, -0.2) is 7.11 Å². The van der Waals surface area contributed by atoms with Crippen molar-refractivity contribution in [2.45, 2.75) is 19.8 Å². The largest absolute Gasteiger partial charge is 0.502 e. The van der Waals surface area contributed by atoms with E-state index in [2.05, 4.69) is 37.8 Å². The Morgan fingerprint density at radius 3 is 2.46 bits per heavy atom. The average Bonchev–Trinajstić information content (AvgIpc) is 2.16. The van der Waals surface area contributed by atoms with Crippen LogP contribution in [0.1, 0.15) is 17.5 Å². The van der Waals surface area contributed by atoms with Crippen LogP contribution in [0.4, 0.5) is 0 Å². The fourth-order valence-electron chi connectivity index (χ4n) is 1.14. The molecule has 0 radical (unpaired) electrons. The van der Waals surface area contributed by atoms with Crippen molar-refractivity contribution < 1.29 is 4.74 Å². The molecule has 0 aliphatic heterocycles. The van der Waals surface area contributed by atoms with Crippen LogP contribution in [0.5, 0.6) is 0 Å². The first-order valence-corrected chi connectivity index (χ1v) is 4.49. The summed E-state index contributed by atoms with van der Waals surface area (Å²) in [5.74, 6) is 0.848. The predicted octanol–water partition coefficient (Wildman–Crippen LogP) is 3.09. The summed E-state index contributed by atoms with van der Waals surface area (Å²) in [4.78, 5) is 0. The van der Waals surface area contributed by atoms with Crippen LogP contribution in [0.25, 0.3) is 0 Å². The van der Waals surface area contributed by atoms with Gasteiger partial charge in [0.1, 0.15) is 0 Å². The number of ether oxygens (including phenoxy) is 1. The third-order valence-electron chi connectivity index (χ3n) is 2.10. The summed E-state index contributed by atoms with van der Waals surface area (Å²) in [7, 11) is 1.66. The molecule has 1 nitrogen and oxygen atoms in total. The van der Waals surface area contributed by atoms with Gasteiger partial charge in [-0.3, -0.25) is 0 Å². The van der Waals surface area contributed by atoms with Gasteiger partial charge in [-0.1, -0.05) is 36.4 Å². The second kappa shape index (κ2) is 4.70. The molecule has 1 aromatic rings. The summed E-state index contributed by atoms with van der Waals surface area (Å²) < 4.78 is 5.00. The zero-order valence-corrected chi connectivity index (χ0v) is 8.34. The van der Waals surface area contributed by atoms with Crippen LogP contribution in [0.15, 0.2) is 36.6 Å². The maximum atomic E-state index is 5.00. The van der Waals surface area contributed by atoms with Gasteiger partial charge < -0.3 is 4.74 Å². The smallest absolute Gasteiger partial charge is 0.0887 e. The monoisotopic (exact) mass is 176 g/mol. The molecule has 0 N–H and O–H groups in total. The van der Waals surface area contributed by atoms with Crippen LogP contribution in [0.2, 0.25) is 0 Å². The highest BCUT2D eigenvalue weighted by Crippen LogP contribution is 2.09. The van der Waals surface area contributed by atoms with Gasteiger partial charge >= 0.3 is 0 Å². The van der Waals surface area contributed by atoms with Crippen molar-refractivity contribution in [2.24, 2.45) is 0 Å². The molecule has 70 valence electrons. The first kappa shape index (κ1) is 9.85. The van der Waals surface area contributed by atoms with Crippen LogP contribution >= 0.6 is 0 Å². The maximum absolute atomic E-state index is 5.00. The molecule has 0 fully saturated rings. The Kier molecular flexibility index (Phi) is 3.56. The van der Waals surface area contributed by atoms with E-state index in [-0.39, 0.29) is 0 Å². The fraction of sp³-hybridized carbons (Fsp3) is 0.333. The SMILES string of the molecule is C=C(CCc1ccc(C)cc1)OC. The molecular weight excluding hydrogens is 160 g/mol. The van der Waals surface area contributed by atoms with Gasteiger partial charge in [-0.15, -0.1) is 0 Å². The van der Waals surface area contributed by atoms with Crippen molar-refractivity contribution in [2.75, 3.05) is 7.11 Å². The number of allylic oxidation sites excluding steroid dienone is 1. The van der Waals surface area contributed by atoms with Crippen molar-refractivity contribution in [3.05, 3.63) is 47.7 Å². The number of rotatable bonds is 4. The van der Waals surface area contributed by atoms with Crippen molar-refractivity contribution in [3.63, 3.8) is 0 Å².